The van der Waals surface area contributed by atoms with Crippen LogP contribution in [-0.4, -0.2) is 42.1 Å². The van der Waals surface area contributed by atoms with Gasteiger partial charge in [-0.25, -0.2) is 0 Å². The molecule has 0 bridgehead atoms. The monoisotopic (exact) mass is 268 g/mol. The van der Waals surface area contributed by atoms with Crippen LogP contribution in [0.1, 0.15) is 58.3 Å². The summed E-state index contributed by atoms with van der Waals surface area (Å²) in [5.74, 6) is 0.182. The maximum atomic E-state index is 12.6. The number of ether oxygens (including phenoxy) is 1. The molecule has 4 nitrogen and oxygen atoms in total. The fraction of sp³-hybridized carbons (Fsp3) is 0.933. The molecule has 4 heteroatoms. The van der Waals surface area contributed by atoms with Gasteiger partial charge in [0.15, 0.2) is 0 Å². The van der Waals surface area contributed by atoms with E-state index >= 15 is 0 Å². The molecule has 1 aliphatic carbocycles. The van der Waals surface area contributed by atoms with E-state index in [0.717, 1.165) is 71.1 Å². The van der Waals surface area contributed by atoms with Gasteiger partial charge in [-0.05, 0) is 38.5 Å². The Morgan fingerprint density at radius 3 is 2.68 bits per heavy atom. The van der Waals surface area contributed by atoms with Crippen LogP contribution >= 0.6 is 0 Å². The molecule has 1 heterocycles. The summed E-state index contributed by atoms with van der Waals surface area (Å²) >= 11 is 0. The van der Waals surface area contributed by atoms with Crippen molar-refractivity contribution in [1.29, 1.82) is 0 Å². The lowest BCUT2D eigenvalue weighted by Gasteiger charge is -2.30. The number of carbonyl (C=O) groups excluding carboxylic acids is 1. The Bertz CT molecular complexity index is 301. The summed E-state index contributed by atoms with van der Waals surface area (Å²) in [5.41, 5.74) is 5.71. The van der Waals surface area contributed by atoms with Crippen LogP contribution in [0.5, 0.6) is 0 Å². The molecular weight excluding hydrogens is 240 g/mol. The second kappa shape index (κ2) is 6.71. The molecule has 0 spiro atoms. The fourth-order valence-electron chi connectivity index (χ4n) is 3.25. The van der Waals surface area contributed by atoms with Crippen LogP contribution in [0.4, 0.5) is 0 Å². The van der Waals surface area contributed by atoms with E-state index in [1.165, 1.54) is 0 Å². The molecular formula is C15H28N2O2. The van der Waals surface area contributed by atoms with Crippen molar-refractivity contribution in [2.45, 2.75) is 69.9 Å². The minimum Gasteiger partial charge on any atom is -0.378 e. The van der Waals surface area contributed by atoms with Gasteiger partial charge in [0.2, 0.25) is 5.91 Å². The number of nitrogens with zero attached hydrogens (tertiary/aromatic N) is 1. The molecule has 2 rings (SSSR count). The lowest BCUT2D eigenvalue weighted by Crippen LogP contribution is -2.53. The molecule has 2 fully saturated rings. The molecule has 19 heavy (non-hydrogen) atoms. The van der Waals surface area contributed by atoms with Crippen LogP contribution in [0.2, 0.25) is 0 Å². The molecule has 2 N–H and O–H groups in total. The van der Waals surface area contributed by atoms with E-state index in [4.69, 9.17) is 10.5 Å². The largest absolute Gasteiger partial charge is 0.378 e. The van der Waals surface area contributed by atoms with Crippen LogP contribution in [0.3, 0.4) is 0 Å². The fourth-order valence-corrected chi connectivity index (χ4v) is 3.25. The molecule has 1 saturated heterocycles. The molecule has 1 unspecified atom stereocenters. The van der Waals surface area contributed by atoms with Crippen molar-refractivity contribution < 1.29 is 9.53 Å². The first-order valence-electron chi connectivity index (χ1n) is 7.85. The summed E-state index contributed by atoms with van der Waals surface area (Å²) in [6.07, 6.45) is 8.37. The van der Waals surface area contributed by atoms with Crippen molar-refractivity contribution in [3.05, 3.63) is 0 Å². The lowest BCUT2D eigenvalue weighted by molar-refractivity contribution is -0.136. The highest BCUT2D eigenvalue weighted by atomic mass is 16.5. The van der Waals surface area contributed by atoms with E-state index in [9.17, 15) is 4.79 Å². The van der Waals surface area contributed by atoms with Gasteiger partial charge in [-0.2, -0.15) is 0 Å². The summed E-state index contributed by atoms with van der Waals surface area (Å²) in [6.45, 7) is 4.63. The van der Waals surface area contributed by atoms with E-state index in [0.29, 0.717) is 6.10 Å². The molecule has 1 saturated carbocycles. The molecule has 1 atom stereocenters. The van der Waals surface area contributed by atoms with Crippen molar-refractivity contribution in [2.24, 2.45) is 5.73 Å². The topological polar surface area (TPSA) is 55.6 Å². The van der Waals surface area contributed by atoms with Crippen molar-refractivity contribution >= 4 is 5.91 Å². The van der Waals surface area contributed by atoms with Crippen LogP contribution in [0.25, 0.3) is 0 Å². The van der Waals surface area contributed by atoms with E-state index in [-0.39, 0.29) is 5.91 Å². The van der Waals surface area contributed by atoms with Gasteiger partial charge in [0, 0.05) is 19.7 Å². The van der Waals surface area contributed by atoms with Gasteiger partial charge >= 0.3 is 0 Å². The molecule has 2 aliphatic rings. The smallest absolute Gasteiger partial charge is 0.242 e. The average molecular weight is 268 g/mol. The molecule has 0 aromatic carbocycles. The predicted molar refractivity (Wildman–Crippen MR) is 75.8 cm³/mol. The first kappa shape index (κ1) is 14.8. The highest BCUT2D eigenvalue weighted by molar-refractivity contribution is 5.86. The van der Waals surface area contributed by atoms with Gasteiger partial charge in [-0.15, -0.1) is 0 Å². The zero-order chi connectivity index (χ0) is 13.7. The van der Waals surface area contributed by atoms with E-state index in [1.807, 2.05) is 4.90 Å². The number of rotatable bonds is 4. The van der Waals surface area contributed by atoms with Gasteiger partial charge in [-0.3, -0.25) is 4.79 Å². The first-order chi connectivity index (χ1) is 9.15. The third kappa shape index (κ3) is 3.69. The number of amides is 1. The third-order valence-electron chi connectivity index (χ3n) is 4.44. The Morgan fingerprint density at radius 2 is 2.00 bits per heavy atom. The van der Waals surface area contributed by atoms with E-state index in [2.05, 4.69) is 6.92 Å². The van der Waals surface area contributed by atoms with Crippen molar-refractivity contribution in [3.63, 3.8) is 0 Å². The van der Waals surface area contributed by atoms with Gasteiger partial charge in [-0.1, -0.05) is 19.8 Å². The predicted octanol–water partition coefficient (Wildman–Crippen LogP) is 2.07. The summed E-state index contributed by atoms with van der Waals surface area (Å²) in [6, 6.07) is 0. The summed E-state index contributed by atoms with van der Waals surface area (Å²) in [4.78, 5) is 14.5. The summed E-state index contributed by atoms with van der Waals surface area (Å²) < 4.78 is 5.82. The standard InChI is InChI=1S/C15H28N2O2/c1-2-12-19-13-6-5-10-17(11-7-13)14(18)15(16)8-3-4-9-15/h13H,2-12,16H2,1H3. The van der Waals surface area contributed by atoms with Gasteiger partial charge < -0.3 is 15.4 Å². The molecule has 1 amide bonds. The third-order valence-corrected chi connectivity index (χ3v) is 4.44. The second-order valence-corrected chi connectivity index (χ2v) is 6.08. The molecule has 1 aliphatic heterocycles. The highest BCUT2D eigenvalue weighted by Crippen LogP contribution is 2.30. The Kier molecular flexibility index (Phi) is 5.22. The second-order valence-electron chi connectivity index (χ2n) is 6.08. The Hall–Kier alpha value is -0.610. The normalized spacial score (nSPS) is 27.3. The van der Waals surface area contributed by atoms with Crippen molar-refractivity contribution in [2.75, 3.05) is 19.7 Å². The maximum absolute atomic E-state index is 12.6. The number of carbonyl (C=O) groups is 1. The van der Waals surface area contributed by atoms with Crippen molar-refractivity contribution in [3.8, 4) is 0 Å². The number of likely N-dealkylation sites (tertiary alicyclic amines) is 1. The lowest BCUT2D eigenvalue weighted by atomic mass is 9.97. The Balaban J connectivity index is 1.86. The van der Waals surface area contributed by atoms with Gasteiger partial charge in [0.1, 0.15) is 0 Å². The Labute approximate surface area is 116 Å². The zero-order valence-corrected chi connectivity index (χ0v) is 12.2. The summed E-state index contributed by atoms with van der Waals surface area (Å²) in [7, 11) is 0. The van der Waals surface area contributed by atoms with Gasteiger partial charge in [0.25, 0.3) is 0 Å². The Morgan fingerprint density at radius 1 is 1.26 bits per heavy atom. The van der Waals surface area contributed by atoms with Crippen LogP contribution < -0.4 is 5.73 Å². The highest BCUT2D eigenvalue weighted by Gasteiger charge is 2.40. The molecule has 0 radical (unpaired) electrons. The minimum absolute atomic E-state index is 0.182. The maximum Gasteiger partial charge on any atom is 0.242 e. The SMILES string of the molecule is CCCOC1CCCN(C(=O)C2(N)CCCC2)CC1. The van der Waals surface area contributed by atoms with Crippen LogP contribution in [0.15, 0.2) is 0 Å². The van der Waals surface area contributed by atoms with E-state index < -0.39 is 5.54 Å². The number of hydrogen-bond acceptors (Lipinski definition) is 3. The molecule has 0 aromatic heterocycles. The number of hydrogen-bond donors (Lipinski definition) is 1. The van der Waals surface area contributed by atoms with E-state index in [1.54, 1.807) is 0 Å². The zero-order valence-electron chi connectivity index (χ0n) is 12.2. The number of nitrogens with two attached hydrogens (primary N) is 1. The minimum atomic E-state index is -0.565. The molecule has 0 aromatic rings. The van der Waals surface area contributed by atoms with Gasteiger partial charge in [0.05, 0.1) is 11.6 Å². The van der Waals surface area contributed by atoms with Crippen LogP contribution in [-0.2, 0) is 9.53 Å². The van der Waals surface area contributed by atoms with Crippen LogP contribution in [0, 0.1) is 0 Å². The quantitative estimate of drug-likeness (QED) is 0.849. The molecule has 110 valence electrons. The summed E-state index contributed by atoms with van der Waals surface area (Å²) in [5, 5.41) is 0. The average Bonchev–Trinajstić information content (AvgIpc) is 2.73. The first-order valence-corrected chi connectivity index (χ1v) is 7.85. The van der Waals surface area contributed by atoms with Crippen molar-refractivity contribution in [1.82, 2.24) is 4.90 Å².